The summed E-state index contributed by atoms with van der Waals surface area (Å²) in [4.78, 5) is 35.0. The fourth-order valence-electron chi connectivity index (χ4n) is 2.20. The summed E-state index contributed by atoms with van der Waals surface area (Å²) < 4.78 is 52.2. The number of alkyl halides is 3. The smallest absolute Gasteiger partial charge is 0.416 e. The second-order valence-corrected chi connectivity index (χ2v) is 5.59. The summed E-state index contributed by atoms with van der Waals surface area (Å²) in [5.74, 6) is -1.61. The molecule has 0 aliphatic heterocycles. The molecule has 1 heterocycles. The minimum atomic E-state index is -4.50. The Balaban J connectivity index is 1.84. The van der Waals surface area contributed by atoms with E-state index in [2.05, 4.69) is 10.1 Å². The van der Waals surface area contributed by atoms with E-state index >= 15 is 0 Å². The van der Waals surface area contributed by atoms with E-state index in [1.54, 1.807) is 6.92 Å². The van der Waals surface area contributed by atoms with Gasteiger partial charge in [0.05, 0.1) is 12.7 Å². The van der Waals surface area contributed by atoms with Gasteiger partial charge in [-0.3, -0.25) is 9.59 Å². The van der Waals surface area contributed by atoms with Gasteiger partial charge in [0.25, 0.3) is 5.91 Å². The Kier molecular flexibility index (Phi) is 6.45. The normalized spacial score (nSPS) is 11.0. The van der Waals surface area contributed by atoms with Crippen LogP contribution in [0.5, 0.6) is 0 Å². The van der Waals surface area contributed by atoms with Crippen LogP contribution in [0.15, 0.2) is 34.7 Å². The predicted molar refractivity (Wildman–Crippen MR) is 88.4 cm³/mol. The lowest BCUT2D eigenvalue weighted by Crippen LogP contribution is -2.30. The molecular formula is C18H16F3NO6. The minimum Gasteiger partial charge on any atom is -0.465 e. The Bertz CT molecular complexity index is 870. The number of carbonyl (C=O) groups excluding carboxylic acids is 3. The number of hydrogen-bond donors (Lipinski definition) is 1. The number of hydrogen-bond acceptors (Lipinski definition) is 6. The number of amides is 1. The Morgan fingerprint density at radius 1 is 1.14 bits per heavy atom. The fraction of sp³-hybridized carbons (Fsp3) is 0.278. The molecule has 28 heavy (non-hydrogen) atoms. The molecule has 1 N–H and O–H groups in total. The molecule has 0 aliphatic carbocycles. The number of nitrogens with one attached hydrogen (secondary N) is 1. The maximum Gasteiger partial charge on any atom is 0.416 e. The van der Waals surface area contributed by atoms with Crippen LogP contribution in [0.1, 0.15) is 37.8 Å². The van der Waals surface area contributed by atoms with Crippen LogP contribution in [0.4, 0.5) is 13.2 Å². The monoisotopic (exact) mass is 399 g/mol. The van der Waals surface area contributed by atoms with Crippen molar-refractivity contribution in [1.82, 2.24) is 5.32 Å². The molecule has 0 aliphatic rings. The average Bonchev–Trinajstić information content (AvgIpc) is 3.03. The number of furan rings is 1. The molecule has 7 nitrogen and oxygen atoms in total. The van der Waals surface area contributed by atoms with Crippen molar-refractivity contribution in [2.24, 2.45) is 0 Å². The van der Waals surface area contributed by atoms with Crippen molar-refractivity contribution < 1.29 is 41.4 Å². The first-order valence-electron chi connectivity index (χ1n) is 7.90. The van der Waals surface area contributed by atoms with Crippen LogP contribution in [-0.2, 0) is 27.1 Å². The highest BCUT2D eigenvalue weighted by atomic mass is 19.4. The number of esters is 2. The van der Waals surface area contributed by atoms with Crippen LogP contribution in [-0.4, -0.2) is 31.5 Å². The largest absolute Gasteiger partial charge is 0.465 e. The number of rotatable bonds is 6. The summed E-state index contributed by atoms with van der Waals surface area (Å²) in [5.41, 5.74) is -0.724. The van der Waals surface area contributed by atoms with E-state index < -0.39 is 36.1 Å². The molecule has 150 valence electrons. The molecule has 0 unspecified atom stereocenters. The fourth-order valence-corrected chi connectivity index (χ4v) is 2.20. The zero-order valence-corrected chi connectivity index (χ0v) is 14.9. The zero-order valence-electron chi connectivity index (χ0n) is 14.9. The quantitative estimate of drug-likeness (QED) is 0.751. The van der Waals surface area contributed by atoms with Crippen molar-refractivity contribution >= 4 is 17.8 Å². The predicted octanol–water partition coefficient (Wildman–Crippen LogP) is 2.87. The molecule has 1 amide bonds. The van der Waals surface area contributed by atoms with E-state index in [-0.39, 0.29) is 23.5 Å². The summed E-state index contributed by atoms with van der Waals surface area (Å²) in [6, 6.07) is 4.92. The Labute approximate surface area is 157 Å². The van der Waals surface area contributed by atoms with Crippen LogP contribution >= 0.6 is 0 Å². The molecule has 0 radical (unpaired) electrons. The van der Waals surface area contributed by atoms with Crippen LogP contribution in [0.25, 0.3) is 0 Å². The molecule has 0 saturated heterocycles. The van der Waals surface area contributed by atoms with Gasteiger partial charge < -0.3 is 19.2 Å². The van der Waals surface area contributed by atoms with E-state index in [1.807, 2.05) is 0 Å². The standard InChI is InChI=1S/C18H16F3NO6/c1-10-14(17(25)26-2)7-13(28-10)9-27-15(23)8-22-16(24)11-3-5-12(6-4-11)18(19,20)21/h3-7H,8-9H2,1-2H3,(H,22,24). The van der Waals surface area contributed by atoms with Gasteiger partial charge in [0.2, 0.25) is 0 Å². The van der Waals surface area contributed by atoms with Crippen LogP contribution in [0, 0.1) is 6.92 Å². The third-order valence-electron chi connectivity index (χ3n) is 3.62. The molecule has 0 spiro atoms. The number of ether oxygens (including phenoxy) is 2. The molecule has 0 saturated carbocycles. The number of benzene rings is 1. The molecule has 1 aromatic heterocycles. The number of halogens is 3. The first-order valence-corrected chi connectivity index (χ1v) is 7.90. The number of methoxy groups -OCH3 is 1. The summed E-state index contributed by atoms with van der Waals surface area (Å²) in [7, 11) is 1.22. The summed E-state index contributed by atoms with van der Waals surface area (Å²) in [5, 5.41) is 2.24. The van der Waals surface area contributed by atoms with Crippen molar-refractivity contribution in [2.75, 3.05) is 13.7 Å². The third kappa shape index (κ3) is 5.35. The van der Waals surface area contributed by atoms with E-state index in [0.29, 0.717) is 5.76 Å². The minimum absolute atomic E-state index is 0.0369. The van der Waals surface area contributed by atoms with Gasteiger partial charge in [-0.1, -0.05) is 0 Å². The Morgan fingerprint density at radius 3 is 2.36 bits per heavy atom. The third-order valence-corrected chi connectivity index (χ3v) is 3.62. The SMILES string of the molecule is COC(=O)c1cc(COC(=O)CNC(=O)c2ccc(C(F)(F)F)cc2)oc1C. The summed E-state index contributed by atoms with van der Waals surface area (Å²) in [6.07, 6.45) is -4.50. The molecule has 1 aromatic carbocycles. The van der Waals surface area contributed by atoms with Gasteiger partial charge in [0.15, 0.2) is 0 Å². The lowest BCUT2D eigenvalue weighted by Gasteiger charge is -2.08. The highest BCUT2D eigenvalue weighted by Crippen LogP contribution is 2.29. The maximum atomic E-state index is 12.5. The topological polar surface area (TPSA) is 94.8 Å². The second-order valence-electron chi connectivity index (χ2n) is 5.59. The number of carbonyl (C=O) groups is 3. The molecule has 0 bridgehead atoms. The van der Waals surface area contributed by atoms with Crippen LogP contribution in [0.3, 0.4) is 0 Å². The van der Waals surface area contributed by atoms with Gasteiger partial charge in [-0.2, -0.15) is 13.2 Å². The van der Waals surface area contributed by atoms with Gasteiger partial charge in [0, 0.05) is 5.56 Å². The summed E-state index contributed by atoms with van der Waals surface area (Å²) >= 11 is 0. The van der Waals surface area contributed by atoms with Crippen molar-refractivity contribution in [3.05, 3.63) is 58.5 Å². The van der Waals surface area contributed by atoms with E-state index in [4.69, 9.17) is 9.15 Å². The molecule has 0 fully saturated rings. The average molecular weight is 399 g/mol. The zero-order chi connectivity index (χ0) is 20.9. The highest BCUT2D eigenvalue weighted by Gasteiger charge is 2.30. The van der Waals surface area contributed by atoms with E-state index in [1.165, 1.54) is 13.2 Å². The lowest BCUT2D eigenvalue weighted by molar-refractivity contribution is -0.144. The van der Waals surface area contributed by atoms with Crippen molar-refractivity contribution in [2.45, 2.75) is 19.7 Å². The first kappa shape index (κ1) is 21.0. The molecule has 0 atom stereocenters. The van der Waals surface area contributed by atoms with E-state index in [0.717, 1.165) is 24.3 Å². The van der Waals surface area contributed by atoms with Crippen LogP contribution in [0.2, 0.25) is 0 Å². The lowest BCUT2D eigenvalue weighted by atomic mass is 10.1. The van der Waals surface area contributed by atoms with Crippen molar-refractivity contribution in [1.29, 1.82) is 0 Å². The van der Waals surface area contributed by atoms with Gasteiger partial charge in [-0.25, -0.2) is 4.79 Å². The Hall–Kier alpha value is -3.30. The maximum absolute atomic E-state index is 12.5. The van der Waals surface area contributed by atoms with Crippen molar-refractivity contribution in [3.8, 4) is 0 Å². The van der Waals surface area contributed by atoms with E-state index in [9.17, 15) is 27.6 Å². The van der Waals surface area contributed by atoms with Gasteiger partial charge in [-0.15, -0.1) is 0 Å². The molecule has 10 heteroatoms. The molecular weight excluding hydrogens is 383 g/mol. The molecule has 2 aromatic rings. The molecule has 2 rings (SSSR count). The Morgan fingerprint density at radius 2 is 1.79 bits per heavy atom. The van der Waals surface area contributed by atoms with Gasteiger partial charge in [-0.05, 0) is 37.3 Å². The highest BCUT2D eigenvalue weighted by molar-refractivity contribution is 5.96. The van der Waals surface area contributed by atoms with Gasteiger partial charge >= 0.3 is 18.1 Å². The number of aryl methyl sites for hydroxylation is 1. The van der Waals surface area contributed by atoms with Crippen molar-refractivity contribution in [3.63, 3.8) is 0 Å². The summed E-state index contributed by atoms with van der Waals surface area (Å²) in [6.45, 7) is 0.776. The van der Waals surface area contributed by atoms with Crippen LogP contribution < -0.4 is 5.32 Å². The second kappa shape index (κ2) is 8.59. The van der Waals surface area contributed by atoms with Gasteiger partial charge in [0.1, 0.15) is 30.2 Å². The first-order chi connectivity index (χ1) is 13.1.